The first-order valence-electron chi connectivity index (χ1n) is 8.42. The maximum Gasteiger partial charge on any atom is 0.233 e. The van der Waals surface area contributed by atoms with E-state index in [1.807, 2.05) is 38.1 Å². The fourth-order valence-electron chi connectivity index (χ4n) is 2.47. The maximum absolute atomic E-state index is 12.5. The van der Waals surface area contributed by atoms with Crippen LogP contribution >= 0.6 is 34.7 Å². The first-order valence-corrected chi connectivity index (χ1v) is 10.5. The van der Waals surface area contributed by atoms with Gasteiger partial charge in [0.15, 0.2) is 0 Å². The highest BCUT2D eigenvalue weighted by Gasteiger charge is 2.18. The number of thiophene rings is 1. The molecule has 0 aliphatic rings. The van der Waals surface area contributed by atoms with E-state index in [1.165, 1.54) is 16.6 Å². The zero-order valence-corrected chi connectivity index (χ0v) is 17.3. The van der Waals surface area contributed by atoms with Crippen molar-refractivity contribution in [3.05, 3.63) is 51.6 Å². The van der Waals surface area contributed by atoms with Crippen molar-refractivity contribution in [2.75, 3.05) is 0 Å². The molecule has 0 saturated carbocycles. The highest BCUT2D eigenvalue weighted by Crippen LogP contribution is 2.33. The third-order valence-corrected chi connectivity index (χ3v) is 6.43. The molecule has 0 spiro atoms. The first kappa shape index (κ1) is 19.1. The molecule has 0 saturated heterocycles. The zero-order valence-electron chi connectivity index (χ0n) is 14.9. The van der Waals surface area contributed by atoms with Crippen molar-refractivity contribution >= 4 is 50.8 Å². The minimum Gasteiger partial charge on any atom is -0.351 e. The molecule has 0 radical (unpaired) electrons. The van der Waals surface area contributed by atoms with Crippen molar-refractivity contribution in [3.8, 4) is 0 Å². The van der Waals surface area contributed by atoms with Gasteiger partial charge >= 0.3 is 0 Å². The molecular weight excluding hydrogens is 386 g/mol. The lowest BCUT2D eigenvalue weighted by Crippen LogP contribution is -2.30. The number of rotatable bonds is 6. The van der Waals surface area contributed by atoms with Crippen LogP contribution in [-0.2, 0) is 17.8 Å². The number of aromatic nitrogens is 2. The number of thioether (sulfide) groups is 1. The Morgan fingerprint density at radius 3 is 2.73 bits per heavy atom. The van der Waals surface area contributed by atoms with E-state index in [-0.39, 0.29) is 11.2 Å². The quantitative estimate of drug-likeness (QED) is 0.462. The number of fused-ring (bicyclic) bond motifs is 1. The second kappa shape index (κ2) is 8.37. The second-order valence-electron chi connectivity index (χ2n) is 5.97. The van der Waals surface area contributed by atoms with Gasteiger partial charge in [-0.25, -0.2) is 9.97 Å². The second-order valence-corrected chi connectivity index (χ2v) is 8.85. The van der Waals surface area contributed by atoms with E-state index in [4.69, 9.17) is 11.6 Å². The van der Waals surface area contributed by atoms with Crippen LogP contribution < -0.4 is 5.32 Å². The van der Waals surface area contributed by atoms with Gasteiger partial charge in [-0.2, -0.15) is 0 Å². The molecule has 1 aromatic carbocycles. The molecule has 0 fully saturated rings. The highest BCUT2D eigenvalue weighted by atomic mass is 35.5. The number of nitrogens with zero attached hydrogens (tertiary/aromatic N) is 2. The molecule has 7 heteroatoms. The number of nitrogens with one attached hydrogen (secondary N) is 1. The van der Waals surface area contributed by atoms with E-state index in [0.717, 1.165) is 33.1 Å². The number of amides is 1. The normalized spacial score (nSPS) is 12.3. The number of benzene rings is 1. The minimum absolute atomic E-state index is 0.0136. The topological polar surface area (TPSA) is 54.9 Å². The molecule has 1 atom stereocenters. The van der Waals surface area contributed by atoms with Crippen molar-refractivity contribution in [2.24, 2.45) is 0 Å². The SMILES string of the molecule is CCc1cc2c(SC(C)C(=O)NCc3ccc(Cl)cc3)nc(C)nc2s1. The lowest BCUT2D eigenvalue weighted by atomic mass is 10.2. The number of carbonyl (C=O) groups is 1. The summed E-state index contributed by atoms with van der Waals surface area (Å²) >= 11 is 9.06. The summed E-state index contributed by atoms with van der Waals surface area (Å²) < 4.78 is 0. The molecule has 2 aromatic heterocycles. The number of carbonyl (C=O) groups excluding carboxylic acids is 1. The van der Waals surface area contributed by atoms with E-state index >= 15 is 0 Å². The van der Waals surface area contributed by atoms with E-state index in [2.05, 4.69) is 28.3 Å². The van der Waals surface area contributed by atoms with Gasteiger partial charge < -0.3 is 5.32 Å². The molecule has 1 amide bonds. The largest absolute Gasteiger partial charge is 0.351 e. The summed E-state index contributed by atoms with van der Waals surface area (Å²) in [5.41, 5.74) is 1.02. The Balaban J connectivity index is 1.69. The number of aryl methyl sites for hydroxylation is 2. The monoisotopic (exact) mass is 405 g/mol. The standard InChI is InChI=1S/C19H20ClN3OS2/c1-4-15-9-16-18(22-12(3)23-19(16)26-15)25-11(2)17(24)21-10-13-5-7-14(20)8-6-13/h5-9,11H,4,10H2,1-3H3,(H,21,24). The van der Waals surface area contributed by atoms with Gasteiger partial charge in [-0.15, -0.1) is 11.3 Å². The Morgan fingerprint density at radius 1 is 1.31 bits per heavy atom. The summed E-state index contributed by atoms with van der Waals surface area (Å²) in [6, 6.07) is 9.61. The van der Waals surface area contributed by atoms with Crippen LogP contribution in [0.5, 0.6) is 0 Å². The van der Waals surface area contributed by atoms with Gasteiger partial charge in [0, 0.05) is 21.8 Å². The van der Waals surface area contributed by atoms with E-state index in [9.17, 15) is 4.79 Å². The molecule has 1 N–H and O–H groups in total. The molecular formula is C19H20ClN3OS2. The predicted octanol–water partition coefficient (Wildman–Crippen LogP) is 5.01. The fourth-order valence-corrected chi connectivity index (χ4v) is 4.66. The van der Waals surface area contributed by atoms with Crippen LogP contribution in [0.1, 0.15) is 30.1 Å². The van der Waals surface area contributed by atoms with Gasteiger partial charge in [-0.1, -0.05) is 42.4 Å². The van der Waals surface area contributed by atoms with Gasteiger partial charge in [0.05, 0.1) is 5.25 Å². The number of hydrogen-bond donors (Lipinski definition) is 1. The summed E-state index contributed by atoms with van der Waals surface area (Å²) in [5.74, 6) is 0.721. The summed E-state index contributed by atoms with van der Waals surface area (Å²) in [5, 5.41) is 5.33. The number of hydrogen-bond acceptors (Lipinski definition) is 5. The Hall–Kier alpha value is -1.63. The third kappa shape index (κ3) is 4.55. The molecule has 2 heterocycles. The van der Waals surface area contributed by atoms with Crippen molar-refractivity contribution in [1.82, 2.24) is 15.3 Å². The Labute approximate surface area is 166 Å². The maximum atomic E-state index is 12.5. The average Bonchev–Trinajstić information content (AvgIpc) is 3.04. The zero-order chi connectivity index (χ0) is 18.7. The van der Waals surface area contributed by atoms with Gasteiger partial charge in [0.25, 0.3) is 0 Å². The van der Waals surface area contributed by atoms with Crippen molar-refractivity contribution in [2.45, 2.75) is 44.0 Å². The van der Waals surface area contributed by atoms with Gasteiger partial charge in [-0.05, 0) is 44.0 Å². The van der Waals surface area contributed by atoms with Crippen LogP contribution in [0.4, 0.5) is 0 Å². The highest BCUT2D eigenvalue weighted by molar-refractivity contribution is 8.00. The first-order chi connectivity index (χ1) is 12.5. The van der Waals surface area contributed by atoms with Crippen molar-refractivity contribution in [3.63, 3.8) is 0 Å². The van der Waals surface area contributed by atoms with Crippen molar-refractivity contribution < 1.29 is 4.79 Å². The van der Waals surface area contributed by atoms with Crippen LogP contribution in [0.2, 0.25) is 5.02 Å². The minimum atomic E-state index is -0.246. The summed E-state index contributed by atoms with van der Waals surface area (Å²) in [6.45, 7) is 6.40. The molecule has 1 unspecified atom stereocenters. The van der Waals surface area contributed by atoms with Gasteiger partial charge in [0.1, 0.15) is 15.7 Å². The van der Waals surface area contributed by atoms with Crippen LogP contribution in [0.25, 0.3) is 10.2 Å². The Kier molecular flexibility index (Phi) is 6.16. The average molecular weight is 406 g/mol. The molecule has 3 aromatic rings. The summed E-state index contributed by atoms with van der Waals surface area (Å²) in [6.07, 6.45) is 0.974. The van der Waals surface area contributed by atoms with E-state index < -0.39 is 0 Å². The Morgan fingerprint density at radius 2 is 2.04 bits per heavy atom. The molecule has 3 rings (SSSR count). The smallest absolute Gasteiger partial charge is 0.233 e. The third-order valence-electron chi connectivity index (χ3n) is 3.91. The molecule has 4 nitrogen and oxygen atoms in total. The lowest BCUT2D eigenvalue weighted by Gasteiger charge is -2.12. The van der Waals surface area contributed by atoms with E-state index in [1.54, 1.807) is 11.3 Å². The summed E-state index contributed by atoms with van der Waals surface area (Å²) in [4.78, 5) is 23.8. The predicted molar refractivity (Wildman–Crippen MR) is 110 cm³/mol. The van der Waals surface area contributed by atoms with Crippen molar-refractivity contribution in [1.29, 1.82) is 0 Å². The number of halogens is 1. The summed E-state index contributed by atoms with van der Waals surface area (Å²) in [7, 11) is 0. The van der Waals surface area contributed by atoms with Gasteiger partial charge in [0.2, 0.25) is 5.91 Å². The fraction of sp³-hybridized carbons (Fsp3) is 0.316. The molecule has 0 aliphatic heterocycles. The van der Waals surface area contributed by atoms with Crippen LogP contribution in [-0.4, -0.2) is 21.1 Å². The molecule has 0 bridgehead atoms. The van der Waals surface area contributed by atoms with E-state index in [0.29, 0.717) is 11.6 Å². The van der Waals surface area contributed by atoms with Gasteiger partial charge in [-0.3, -0.25) is 4.79 Å². The molecule has 0 aliphatic carbocycles. The van der Waals surface area contributed by atoms with Crippen LogP contribution in [0.15, 0.2) is 35.4 Å². The van der Waals surface area contributed by atoms with Crippen LogP contribution in [0, 0.1) is 6.92 Å². The lowest BCUT2D eigenvalue weighted by molar-refractivity contribution is -0.120. The molecule has 136 valence electrons. The Bertz CT molecular complexity index is 924. The van der Waals surface area contributed by atoms with Crippen LogP contribution in [0.3, 0.4) is 0 Å². The molecule has 26 heavy (non-hydrogen) atoms.